The number of thiophene rings is 1. The molecule has 0 atom stereocenters. The summed E-state index contributed by atoms with van der Waals surface area (Å²) in [6.45, 7) is 0. The van der Waals surface area contributed by atoms with Crippen molar-refractivity contribution in [2.24, 2.45) is 0 Å². The first-order valence-electron chi connectivity index (χ1n) is 6.29. The number of carbonyl (C=O) groups excluding carboxylic acids is 1. The normalized spacial score (nSPS) is 13.6. The lowest BCUT2D eigenvalue weighted by Gasteiger charge is -2.09. The highest BCUT2D eigenvalue weighted by atomic mass is 32.1. The number of anilines is 1. The van der Waals surface area contributed by atoms with Gasteiger partial charge in [0.15, 0.2) is 0 Å². The van der Waals surface area contributed by atoms with Crippen molar-refractivity contribution >= 4 is 22.2 Å². The number of aromatic amines is 1. The van der Waals surface area contributed by atoms with Crippen molar-refractivity contribution in [1.29, 1.82) is 5.26 Å². The Morgan fingerprint density at radius 1 is 1.42 bits per heavy atom. The highest BCUT2D eigenvalue weighted by Gasteiger charge is 2.22. The zero-order valence-electron chi connectivity index (χ0n) is 10.3. The molecule has 0 radical (unpaired) electrons. The van der Waals surface area contributed by atoms with Crippen LogP contribution in [0.25, 0.3) is 0 Å². The topological polar surface area (TPSA) is 68.7 Å². The van der Waals surface area contributed by atoms with Crippen LogP contribution >= 0.6 is 11.3 Å². The minimum Gasteiger partial charge on any atom is -0.357 e. The molecule has 2 heterocycles. The van der Waals surface area contributed by atoms with Gasteiger partial charge in [-0.1, -0.05) is 0 Å². The molecule has 0 unspecified atom stereocenters. The van der Waals surface area contributed by atoms with E-state index < -0.39 is 0 Å². The number of carbonyl (C=O) groups is 1. The van der Waals surface area contributed by atoms with Crippen LogP contribution in [0.2, 0.25) is 0 Å². The second kappa shape index (κ2) is 4.90. The maximum Gasteiger partial charge on any atom is 0.272 e. The molecule has 2 aromatic rings. The van der Waals surface area contributed by atoms with E-state index in [9.17, 15) is 10.1 Å². The fourth-order valence-corrected chi connectivity index (χ4v) is 3.65. The summed E-state index contributed by atoms with van der Waals surface area (Å²) in [4.78, 5) is 16.1. The lowest BCUT2D eigenvalue weighted by atomic mass is 9.96. The largest absolute Gasteiger partial charge is 0.357 e. The Morgan fingerprint density at radius 3 is 3.00 bits per heavy atom. The molecule has 1 amide bonds. The van der Waals surface area contributed by atoms with Gasteiger partial charge in [-0.2, -0.15) is 5.26 Å². The summed E-state index contributed by atoms with van der Waals surface area (Å²) in [5.74, 6) is -0.194. The molecule has 96 valence electrons. The number of nitrogens with zero attached hydrogens (tertiary/aromatic N) is 1. The third-order valence-corrected chi connectivity index (χ3v) is 4.56. The van der Waals surface area contributed by atoms with Gasteiger partial charge in [0.05, 0.1) is 5.56 Å². The summed E-state index contributed by atoms with van der Waals surface area (Å²) in [6.07, 6.45) is 5.98. The van der Waals surface area contributed by atoms with Gasteiger partial charge in [0.25, 0.3) is 5.91 Å². The van der Waals surface area contributed by atoms with Gasteiger partial charge in [0, 0.05) is 11.1 Å². The summed E-state index contributed by atoms with van der Waals surface area (Å²) >= 11 is 1.54. The van der Waals surface area contributed by atoms with Crippen molar-refractivity contribution in [3.05, 3.63) is 40.0 Å². The zero-order chi connectivity index (χ0) is 13.2. The lowest BCUT2D eigenvalue weighted by Crippen LogP contribution is -2.12. The number of hydrogen-bond donors (Lipinski definition) is 2. The molecule has 2 N–H and O–H groups in total. The maximum atomic E-state index is 12.0. The summed E-state index contributed by atoms with van der Waals surface area (Å²) in [7, 11) is 0. The van der Waals surface area contributed by atoms with Crippen LogP contribution in [0.1, 0.15) is 39.3 Å². The van der Waals surface area contributed by atoms with Crippen LogP contribution < -0.4 is 5.32 Å². The van der Waals surface area contributed by atoms with Crippen molar-refractivity contribution in [1.82, 2.24) is 4.98 Å². The van der Waals surface area contributed by atoms with Crippen molar-refractivity contribution in [3.63, 3.8) is 0 Å². The second-order valence-corrected chi connectivity index (χ2v) is 5.67. The Morgan fingerprint density at radius 2 is 2.26 bits per heavy atom. The molecule has 1 aliphatic rings. The number of nitrogens with one attached hydrogen (secondary N) is 2. The number of amides is 1. The number of rotatable bonds is 2. The molecular formula is C14H13N3OS. The highest BCUT2D eigenvalue weighted by Crippen LogP contribution is 2.37. The van der Waals surface area contributed by atoms with Gasteiger partial charge in [-0.15, -0.1) is 11.3 Å². The van der Waals surface area contributed by atoms with Crippen LogP contribution in [0.5, 0.6) is 0 Å². The molecule has 5 heteroatoms. The van der Waals surface area contributed by atoms with Crippen molar-refractivity contribution in [3.8, 4) is 6.07 Å². The molecule has 19 heavy (non-hydrogen) atoms. The first-order chi connectivity index (χ1) is 9.29. The maximum absolute atomic E-state index is 12.0. The third kappa shape index (κ3) is 2.15. The van der Waals surface area contributed by atoms with Crippen LogP contribution in [0.15, 0.2) is 18.3 Å². The minimum atomic E-state index is -0.194. The molecule has 4 nitrogen and oxygen atoms in total. The van der Waals surface area contributed by atoms with Crippen LogP contribution in [0.3, 0.4) is 0 Å². The molecular weight excluding hydrogens is 258 g/mol. The van der Waals surface area contributed by atoms with Gasteiger partial charge in [0.1, 0.15) is 16.8 Å². The minimum absolute atomic E-state index is 0.194. The number of nitriles is 1. The van der Waals surface area contributed by atoms with E-state index in [0.717, 1.165) is 24.8 Å². The van der Waals surface area contributed by atoms with Gasteiger partial charge in [-0.05, 0) is 43.4 Å². The average Bonchev–Trinajstić information content (AvgIpc) is 3.05. The van der Waals surface area contributed by atoms with E-state index in [2.05, 4.69) is 16.4 Å². The van der Waals surface area contributed by atoms with Crippen molar-refractivity contribution in [2.75, 3.05) is 5.32 Å². The standard InChI is InChI=1S/C14H13N3OS/c15-8-10-9-4-1-2-6-12(9)19-14(10)17-13(18)11-5-3-7-16-11/h3,5,7,16H,1-2,4,6H2,(H,17,18). The van der Waals surface area contributed by atoms with Crippen LogP contribution in [-0.4, -0.2) is 10.9 Å². The summed E-state index contributed by atoms with van der Waals surface area (Å²) in [5, 5.41) is 12.8. The molecule has 1 aliphatic carbocycles. The number of H-pyrrole nitrogens is 1. The van der Waals surface area contributed by atoms with Gasteiger partial charge in [0.2, 0.25) is 0 Å². The van der Waals surface area contributed by atoms with Gasteiger partial charge < -0.3 is 10.3 Å². The summed E-state index contributed by atoms with van der Waals surface area (Å²) in [5.41, 5.74) is 2.30. The molecule has 0 fully saturated rings. The molecule has 3 rings (SSSR count). The molecule has 0 saturated heterocycles. The number of hydrogen-bond acceptors (Lipinski definition) is 3. The van der Waals surface area contributed by atoms with Crippen LogP contribution in [0, 0.1) is 11.3 Å². The molecule has 0 aromatic carbocycles. The van der Waals surface area contributed by atoms with E-state index in [1.807, 2.05) is 0 Å². The predicted molar refractivity (Wildman–Crippen MR) is 74.4 cm³/mol. The predicted octanol–water partition coefficient (Wildman–Crippen LogP) is 3.08. The van der Waals surface area contributed by atoms with E-state index in [4.69, 9.17) is 0 Å². The second-order valence-electron chi connectivity index (χ2n) is 4.56. The Kier molecular flexibility index (Phi) is 3.10. The third-order valence-electron chi connectivity index (χ3n) is 3.35. The monoisotopic (exact) mass is 271 g/mol. The SMILES string of the molecule is N#Cc1c(NC(=O)c2ccc[nH]2)sc2c1CCCC2. The Hall–Kier alpha value is -2.06. The van der Waals surface area contributed by atoms with Crippen LogP contribution in [-0.2, 0) is 12.8 Å². The number of aryl methyl sites for hydroxylation is 1. The molecule has 0 aliphatic heterocycles. The highest BCUT2D eigenvalue weighted by molar-refractivity contribution is 7.16. The molecule has 0 saturated carbocycles. The van der Waals surface area contributed by atoms with E-state index >= 15 is 0 Å². The lowest BCUT2D eigenvalue weighted by molar-refractivity contribution is 0.102. The van der Waals surface area contributed by atoms with Gasteiger partial charge in [-0.3, -0.25) is 4.79 Å². The Balaban J connectivity index is 1.91. The molecule has 0 bridgehead atoms. The van der Waals surface area contributed by atoms with Crippen molar-refractivity contribution in [2.45, 2.75) is 25.7 Å². The van der Waals surface area contributed by atoms with Gasteiger partial charge in [-0.25, -0.2) is 0 Å². The van der Waals surface area contributed by atoms with E-state index in [-0.39, 0.29) is 5.91 Å². The van der Waals surface area contributed by atoms with E-state index in [0.29, 0.717) is 16.3 Å². The summed E-state index contributed by atoms with van der Waals surface area (Å²) < 4.78 is 0. The quantitative estimate of drug-likeness (QED) is 0.881. The van der Waals surface area contributed by atoms with Gasteiger partial charge >= 0.3 is 0 Å². The first kappa shape index (κ1) is 12.0. The fraction of sp³-hybridized carbons (Fsp3) is 0.286. The van der Waals surface area contributed by atoms with Crippen molar-refractivity contribution < 1.29 is 4.79 Å². The smallest absolute Gasteiger partial charge is 0.272 e. The number of aromatic nitrogens is 1. The van der Waals surface area contributed by atoms with E-state index in [1.165, 1.54) is 11.3 Å². The molecule has 0 spiro atoms. The zero-order valence-corrected chi connectivity index (χ0v) is 11.1. The average molecular weight is 271 g/mol. The summed E-state index contributed by atoms with van der Waals surface area (Å²) in [6, 6.07) is 5.73. The van der Waals surface area contributed by atoms with E-state index in [1.54, 1.807) is 29.7 Å². The Labute approximate surface area is 115 Å². The first-order valence-corrected chi connectivity index (χ1v) is 7.10. The molecule has 2 aromatic heterocycles. The van der Waals surface area contributed by atoms with Crippen LogP contribution in [0.4, 0.5) is 5.00 Å². The number of fused-ring (bicyclic) bond motifs is 1. The fourth-order valence-electron chi connectivity index (χ4n) is 2.41. The Bertz CT molecular complexity index is 649.